The van der Waals surface area contributed by atoms with Crippen LogP contribution in [0.2, 0.25) is 0 Å². The molecule has 0 atom stereocenters. The lowest BCUT2D eigenvalue weighted by molar-refractivity contribution is 0.149. The maximum absolute atomic E-state index is 5.47. The van der Waals surface area contributed by atoms with E-state index in [0.717, 1.165) is 19.6 Å². The standard InChI is InChI=1S/C17H21OP/c1-2-18-14-9-15-19(16-10-5-3-6-11-16)17-12-7-4-8-13-17/h3-8,10-13H,2,9,14-15H2,1H3. The topological polar surface area (TPSA) is 9.23 Å². The van der Waals surface area contributed by atoms with E-state index >= 15 is 0 Å². The zero-order valence-corrected chi connectivity index (χ0v) is 12.4. The van der Waals surface area contributed by atoms with Crippen molar-refractivity contribution in [1.82, 2.24) is 0 Å². The Morgan fingerprint density at radius 1 is 0.842 bits per heavy atom. The molecule has 0 amide bonds. The highest BCUT2D eigenvalue weighted by Gasteiger charge is 2.12. The number of rotatable bonds is 7. The van der Waals surface area contributed by atoms with Gasteiger partial charge in [-0.2, -0.15) is 0 Å². The van der Waals surface area contributed by atoms with Gasteiger partial charge in [-0.05, 0) is 38.0 Å². The summed E-state index contributed by atoms with van der Waals surface area (Å²) in [6.07, 6.45) is 2.33. The van der Waals surface area contributed by atoms with Crippen LogP contribution >= 0.6 is 7.92 Å². The van der Waals surface area contributed by atoms with Gasteiger partial charge in [-0.15, -0.1) is 0 Å². The number of ether oxygens (including phenoxy) is 1. The average molecular weight is 272 g/mol. The van der Waals surface area contributed by atoms with Crippen LogP contribution in [-0.4, -0.2) is 19.4 Å². The first-order chi connectivity index (χ1) is 9.42. The van der Waals surface area contributed by atoms with Gasteiger partial charge < -0.3 is 4.74 Å². The molecule has 0 aromatic heterocycles. The lowest BCUT2D eigenvalue weighted by atomic mass is 10.4. The number of hydrogen-bond acceptors (Lipinski definition) is 1. The third-order valence-electron chi connectivity index (χ3n) is 3.01. The van der Waals surface area contributed by atoms with Gasteiger partial charge in [0.2, 0.25) is 0 Å². The lowest BCUT2D eigenvalue weighted by Crippen LogP contribution is -2.14. The van der Waals surface area contributed by atoms with Gasteiger partial charge in [0.1, 0.15) is 0 Å². The smallest absolute Gasteiger partial charge is 0.0469 e. The normalized spacial score (nSPS) is 10.8. The molecule has 0 aliphatic heterocycles. The number of hydrogen-bond donors (Lipinski definition) is 0. The predicted molar refractivity (Wildman–Crippen MR) is 85.0 cm³/mol. The van der Waals surface area contributed by atoms with E-state index in [1.807, 2.05) is 0 Å². The fraction of sp³-hybridized carbons (Fsp3) is 0.294. The van der Waals surface area contributed by atoms with Crippen molar-refractivity contribution in [3.05, 3.63) is 60.7 Å². The molecule has 0 saturated heterocycles. The average Bonchev–Trinajstić information content (AvgIpc) is 2.49. The van der Waals surface area contributed by atoms with Crippen molar-refractivity contribution in [3.8, 4) is 0 Å². The van der Waals surface area contributed by atoms with Crippen LogP contribution in [0.15, 0.2) is 60.7 Å². The summed E-state index contributed by atoms with van der Waals surface area (Å²) < 4.78 is 5.47. The molecular formula is C17H21OP. The highest BCUT2D eigenvalue weighted by molar-refractivity contribution is 7.73. The molecule has 0 aliphatic carbocycles. The molecule has 0 aliphatic rings. The van der Waals surface area contributed by atoms with E-state index in [-0.39, 0.29) is 7.92 Å². The fourth-order valence-electron chi connectivity index (χ4n) is 2.09. The first-order valence-corrected chi connectivity index (χ1v) is 8.40. The number of benzene rings is 2. The van der Waals surface area contributed by atoms with Gasteiger partial charge in [0.05, 0.1) is 0 Å². The molecule has 100 valence electrons. The third-order valence-corrected chi connectivity index (χ3v) is 5.62. The van der Waals surface area contributed by atoms with Crippen LogP contribution < -0.4 is 10.6 Å². The molecule has 1 nitrogen and oxygen atoms in total. The summed E-state index contributed by atoms with van der Waals surface area (Å²) >= 11 is 0. The molecular weight excluding hydrogens is 251 g/mol. The molecule has 0 spiro atoms. The summed E-state index contributed by atoms with van der Waals surface area (Å²) in [5.74, 6) is 0. The minimum atomic E-state index is -0.247. The fourth-order valence-corrected chi connectivity index (χ4v) is 4.42. The maximum atomic E-state index is 5.47. The molecule has 0 N–H and O–H groups in total. The Kier molecular flexibility index (Phi) is 6.07. The zero-order chi connectivity index (χ0) is 13.3. The molecule has 2 aromatic carbocycles. The Morgan fingerprint density at radius 2 is 1.37 bits per heavy atom. The molecule has 2 aromatic rings. The molecule has 0 radical (unpaired) electrons. The van der Waals surface area contributed by atoms with Crippen LogP contribution in [0.3, 0.4) is 0 Å². The van der Waals surface area contributed by atoms with Crippen molar-refractivity contribution >= 4 is 18.5 Å². The Morgan fingerprint density at radius 3 is 1.84 bits per heavy atom. The van der Waals surface area contributed by atoms with Crippen LogP contribution in [0.5, 0.6) is 0 Å². The van der Waals surface area contributed by atoms with Gasteiger partial charge in [-0.25, -0.2) is 0 Å². The van der Waals surface area contributed by atoms with E-state index < -0.39 is 0 Å². The third kappa shape index (κ3) is 4.45. The summed E-state index contributed by atoms with van der Waals surface area (Å²) in [4.78, 5) is 0. The minimum absolute atomic E-state index is 0.247. The van der Waals surface area contributed by atoms with E-state index in [0.29, 0.717) is 0 Å². The second kappa shape index (κ2) is 8.09. The van der Waals surface area contributed by atoms with E-state index in [2.05, 4.69) is 67.6 Å². The van der Waals surface area contributed by atoms with Crippen molar-refractivity contribution in [2.45, 2.75) is 13.3 Å². The Hall–Kier alpha value is -1.17. The van der Waals surface area contributed by atoms with Crippen LogP contribution in [0.1, 0.15) is 13.3 Å². The Balaban J connectivity index is 2.10. The van der Waals surface area contributed by atoms with Crippen molar-refractivity contribution in [3.63, 3.8) is 0 Å². The van der Waals surface area contributed by atoms with E-state index in [9.17, 15) is 0 Å². The van der Waals surface area contributed by atoms with Crippen LogP contribution in [0.4, 0.5) is 0 Å². The monoisotopic (exact) mass is 272 g/mol. The molecule has 0 fully saturated rings. The van der Waals surface area contributed by atoms with Gasteiger partial charge in [0, 0.05) is 13.2 Å². The molecule has 0 bridgehead atoms. The molecule has 19 heavy (non-hydrogen) atoms. The van der Waals surface area contributed by atoms with Crippen molar-refractivity contribution in [2.24, 2.45) is 0 Å². The van der Waals surface area contributed by atoms with Gasteiger partial charge in [0.25, 0.3) is 0 Å². The molecule has 0 unspecified atom stereocenters. The molecule has 2 rings (SSSR count). The lowest BCUT2D eigenvalue weighted by Gasteiger charge is -2.18. The van der Waals surface area contributed by atoms with Gasteiger partial charge in [0.15, 0.2) is 0 Å². The van der Waals surface area contributed by atoms with Gasteiger partial charge >= 0.3 is 0 Å². The summed E-state index contributed by atoms with van der Waals surface area (Å²) in [5, 5.41) is 2.92. The summed E-state index contributed by atoms with van der Waals surface area (Å²) in [5.41, 5.74) is 0. The SMILES string of the molecule is CCOCCCP(c1ccccc1)c1ccccc1. The molecule has 0 heterocycles. The summed E-state index contributed by atoms with van der Waals surface area (Å²) in [7, 11) is -0.247. The van der Waals surface area contributed by atoms with Crippen molar-refractivity contribution in [1.29, 1.82) is 0 Å². The molecule has 0 saturated carbocycles. The predicted octanol–water partition coefficient (Wildman–Crippen LogP) is 3.55. The largest absolute Gasteiger partial charge is 0.382 e. The second-order valence-corrected chi connectivity index (χ2v) is 6.71. The van der Waals surface area contributed by atoms with Crippen LogP contribution in [-0.2, 0) is 4.74 Å². The van der Waals surface area contributed by atoms with Crippen molar-refractivity contribution in [2.75, 3.05) is 19.4 Å². The quantitative estimate of drug-likeness (QED) is 0.553. The van der Waals surface area contributed by atoms with Gasteiger partial charge in [-0.3, -0.25) is 0 Å². The van der Waals surface area contributed by atoms with Gasteiger partial charge in [-0.1, -0.05) is 60.7 Å². The van der Waals surface area contributed by atoms with Crippen LogP contribution in [0.25, 0.3) is 0 Å². The maximum Gasteiger partial charge on any atom is 0.0469 e. The van der Waals surface area contributed by atoms with E-state index in [1.54, 1.807) is 0 Å². The first kappa shape index (κ1) is 14.2. The van der Waals surface area contributed by atoms with Crippen molar-refractivity contribution < 1.29 is 4.74 Å². The summed E-state index contributed by atoms with van der Waals surface area (Å²) in [6, 6.07) is 21.7. The zero-order valence-electron chi connectivity index (χ0n) is 11.5. The Labute approximate surface area is 117 Å². The molecule has 2 heteroatoms. The van der Waals surface area contributed by atoms with E-state index in [4.69, 9.17) is 4.74 Å². The first-order valence-electron chi connectivity index (χ1n) is 6.87. The highest BCUT2D eigenvalue weighted by atomic mass is 31.1. The Bertz CT molecular complexity index is 416. The minimum Gasteiger partial charge on any atom is -0.382 e. The van der Waals surface area contributed by atoms with E-state index in [1.165, 1.54) is 16.8 Å². The highest BCUT2D eigenvalue weighted by Crippen LogP contribution is 2.33. The van der Waals surface area contributed by atoms with Crippen LogP contribution in [0, 0.1) is 0 Å². The second-order valence-electron chi connectivity index (χ2n) is 4.37. The summed E-state index contributed by atoms with van der Waals surface area (Å²) in [6.45, 7) is 3.74.